The lowest BCUT2D eigenvalue weighted by Gasteiger charge is -2.17. The molecule has 0 amide bonds. The molecule has 1 N–H and O–H groups in total. The fraction of sp³-hybridized carbons (Fsp3) is 0.674. The maximum Gasteiger partial charge on any atom is 0.305 e. The minimum Gasteiger partial charge on any atom is -0.465 e. The molecule has 0 unspecified atom stereocenters. The van der Waals surface area contributed by atoms with E-state index in [0.29, 0.717) is 19.3 Å². The van der Waals surface area contributed by atoms with Crippen molar-refractivity contribution < 1.29 is 24.2 Å². The summed E-state index contributed by atoms with van der Waals surface area (Å²) in [6.07, 6.45) is 49.1. The first-order valence-corrected chi connectivity index (χ1v) is 19.5. The largest absolute Gasteiger partial charge is 0.465 e. The van der Waals surface area contributed by atoms with Crippen LogP contribution >= 0.6 is 0 Å². The first-order chi connectivity index (χ1) is 23.6. The highest BCUT2D eigenvalue weighted by molar-refractivity contribution is 5.69. The van der Waals surface area contributed by atoms with Crippen molar-refractivity contribution in [3.05, 3.63) is 72.9 Å². The molecule has 0 fully saturated rings. The Morgan fingerprint density at radius 1 is 0.479 bits per heavy atom. The van der Waals surface area contributed by atoms with E-state index in [-0.39, 0.29) is 37.7 Å². The standard InChI is InChI=1S/C43H72O5/c1-3-5-7-9-11-13-15-17-19-21-23-25-27-29-31-36-42(45)47-39-41(35-33-34-38-44)40-48-43(46)37-32-30-28-26-24-22-20-18-16-14-12-10-8-6-4-2/h5-8,11-14,17-20,41,44H,3-4,9-10,15-16,21-40H2,1-2H3/b7-5-,8-6-,13-11-,14-12-,19-17-,20-18-. The molecule has 0 aliphatic rings. The van der Waals surface area contributed by atoms with Crippen LogP contribution in [0.5, 0.6) is 0 Å². The minimum absolute atomic E-state index is 0.0210. The van der Waals surface area contributed by atoms with E-state index < -0.39 is 0 Å². The molecule has 0 aromatic rings. The molecule has 0 aliphatic heterocycles. The number of aliphatic hydroxyl groups excluding tert-OH is 1. The number of hydrogen-bond acceptors (Lipinski definition) is 5. The summed E-state index contributed by atoms with van der Waals surface area (Å²) in [4.78, 5) is 24.6. The number of esters is 2. The average molecular weight is 669 g/mol. The van der Waals surface area contributed by atoms with E-state index in [9.17, 15) is 9.59 Å². The highest BCUT2D eigenvalue weighted by atomic mass is 16.5. The Kier molecular flexibility index (Phi) is 36.6. The summed E-state index contributed by atoms with van der Waals surface area (Å²) in [6, 6.07) is 0. The van der Waals surface area contributed by atoms with Crippen molar-refractivity contribution in [3.8, 4) is 0 Å². The summed E-state index contributed by atoms with van der Waals surface area (Å²) in [5.41, 5.74) is 0. The molecular formula is C43H72O5. The molecule has 5 nitrogen and oxygen atoms in total. The Morgan fingerprint density at radius 2 is 0.854 bits per heavy atom. The van der Waals surface area contributed by atoms with Gasteiger partial charge in [-0.15, -0.1) is 0 Å². The molecule has 0 bridgehead atoms. The van der Waals surface area contributed by atoms with Crippen molar-refractivity contribution in [2.24, 2.45) is 5.92 Å². The molecule has 0 aromatic heterocycles. The lowest BCUT2D eigenvalue weighted by molar-refractivity contribution is -0.149. The summed E-state index contributed by atoms with van der Waals surface area (Å²) < 4.78 is 11.1. The predicted molar refractivity (Wildman–Crippen MR) is 205 cm³/mol. The molecule has 0 saturated heterocycles. The summed E-state index contributed by atoms with van der Waals surface area (Å²) in [6.45, 7) is 4.99. The van der Waals surface area contributed by atoms with Crippen molar-refractivity contribution in [1.29, 1.82) is 0 Å². The average Bonchev–Trinajstić information content (AvgIpc) is 3.09. The van der Waals surface area contributed by atoms with E-state index >= 15 is 0 Å². The number of aliphatic hydroxyl groups is 1. The molecule has 48 heavy (non-hydrogen) atoms. The van der Waals surface area contributed by atoms with Crippen LogP contribution in [0.4, 0.5) is 0 Å². The van der Waals surface area contributed by atoms with Gasteiger partial charge < -0.3 is 14.6 Å². The summed E-state index contributed by atoms with van der Waals surface area (Å²) in [5.74, 6) is -0.359. The number of carbonyl (C=O) groups excluding carboxylic acids is 2. The topological polar surface area (TPSA) is 72.8 Å². The van der Waals surface area contributed by atoms with Crippen LogP contribution in [0.25, 0.3) is 0 Å². The highest BCUT2D eigenvalue weighted by Gasteiger charge is 2.15. The third kappa shape index (κ3) is 36.2. The molecule has 0 aromatic carbocycles. The Hall–Kier alpha value is -2.66. The maximum atomic E-state index is 12.3. The number of allylic oxidation sites excluding steroid dienone is 12. The fourth-order valence-corrected chi connectivity index (χ4v) is 5.10. The monoisotopic (exact) mass is 669 g/mol. The van der Waals surface area contributed by atoms with Gasteiger partial charge in [-0.25, -0.2) is 0 Å². The van der Waals surface area contributed by atoms with E-state index in [4.69, 9.17) is 14.6 Å². The second-order valence-electron chi connectivity index (χ2n) is 12.7. The zero-order chi connectivity index (χ0) is 35.0. The van der Waals surface area contributed by atoms with Crippen LogP contribution in [-0.4, -0.2) is 36.9 Å². The van der Waals surface area contributed by atoms with Crippen molar-refractivity contribution in [2.75, 3.05) is 19.8 Å². The van der Waals surface area contributed by atoms with E-state index in [0.717, 1.165) is 103 Å². The quantitative estimate of drug-likeness (QED) is 0.0420. The van der Waals surface area contributed by atoms with Gasteiger partial charge in [0.1, 0.15) is 0 Å². The van der Waals surface area contributed by atoms with Gasteiger partial charge in [0.15, 0.2) is 0 Å². The Bertz CT molecular complexity index is 827. The van der Waals surface area contributed by atoms with Crippen LogP contribution in [-0.2, 0) is 19.1 Å². The van der Waals surface area contributed by atoms with Gasteiger partial charge in [-0.1, -0.05) is 132 Å². The van der Waals surface area contributed by atoms with Gasteiger partial charge in [0.2, 0.25) is 0 Å². The molecule has 0 radical (unpaired) electrons. The maximum absolute atomic E-state index is 12.3. The van der Waals surface area contributed by atoms with Crippen LogP contribution in [0, 0.1) is 5.92 Å². The van der Waals surface area contributed by atoms with E-state index in [1.807, 2.05) is 0 Å². The van der Waals surface area contributed by atoms with Crippen LogP contribution in [0.15, 0.2) is 72.9 Å². The van der Waals surface area contributed by atoms with Crippen molar-refractivity contribution in [3.63, 3.8) is 0 Å². The van der Waals surface area contributed by atoms with Crippen LogP contribution < -0.4 is 0 Å². The minimum atomic E-state index is -0.169. The fourth-order valence-electron chi connectivity index (χ4n) is 5.10. The number of hydrogen-bond donors (Lipinski definition) is 1. The van der Waals surface area contributed by atoms with Crippen LogP contribution in [0.2, 0.25) is 0 Å². The van der Waals surface area contributed by atoms with Crippen LogP contribution in [0.3, 0.4) is 0 Å². The lowest BCUT2D eigenvalue weighted by atomic mass is 10.0. The molecule has 274 valence electrons. The van der Waals surface area contributed by atoms with Crippen molar-refractivity contribution >= 4 is 11.9 Å². The zero-order valence-electron chi connectivity index (χ0n) is 31.0. The van der Waals surface area contributed by atoms with Gasteiger partial charge in [-0.05, 0) is 89.9 Å². The molecule has 0 rings (SSSR count). The summed E-state index contributed by atoms with van der Waals surface area (Å²) >= 11 is 0. The van der Waals surface area contributed by atoms with Gasteiger partial charge in [-0.3, -0.25) is 9.59 Å². The number of rotatable bonds is 34. The van der Waals surface area contributed by atoms with Crippen molar-refractivity contribution in [2.45, 2.75) is 162 Å². The molecule has 0 aliphatic carbocycles. The van der Waals surface area contributed by atoms with E-state index in [2.05, 4.69) is 86.8 Å². The number of unbranched alkanes of at least 4 members (excludes halogenated alkanes) is 11. The zero-order valence-corrected chi connectivity index (χ0v) is 31.0. The molecule has 0 atom stereocenters. The Balaban J connectivity index is 3.92. The Labute approximate surface area is 295 Å². The van der Waals surface area contributed by atoms with Gasteiger partial charge in [-0.2, -0.15) is 0 Å². The summed E-state index contributed by atoms with van der Waals surface area (Å²) in [5, 5.41) is 9.16. The molecule has 5 heteroatoms. The molecule has 0 saturated carbocycles. The number of ether oxygens (including phenoxy) is 2. The molecule has 0 spiro atoms. The van der Waals surface area contributed by atoms with Crippen LogP contribution in [0.1, 0.15) is 162 Å². The second-order valence-corrected chi connectivity index (χ2v) is 12.7. The second kappa shape index (κ2) is 38.8. The van der Waals surface area contributed by atoms with Gasteiger partial charge >= 0.3 is 11.9 Å². The molecule has 0 heterocycles. The smallest absolute Gasteiger partial charge is 0.305 e. The lowest BCUT2D eigenvalue weighted by Crippen LogP contribution is -2.21. The Morgan fingerprint density at radius 3 is 1.27 bits per heavy atom. The highest BCUT2D eigenvalue weighted by Crippen LogP contribution is 2.14. The van der Waals surface area contributed by atoms with Crippen molar-refractivity contribution in [1.82, 2.24) is 0 Å². The number of carbonyl (C=O) groups is 2. The first kappa shape index (κ1) is 45.3. The summed E-state index contributed by atoms with van der Waals surface area (Å²) in [7, 11) is 0. The third-order valence-corrected chi connectivity index (χ3v) is 8.04. The first-order valence-electron chi connectivity index (χ1n) is 19.5. The predicted octanol–water partition coefficient (Wildman–Crippen LogP) is 12.0. The van der Waals surface area contributed by atoms with E-state index in [1.165, 1.54) is 25.7 Å². The third-order valence-electron chi connectivity index (χ3n) is 8.04. The SMILES string of the molecule is CC/C=C\C/C=C\C/C=C\CCCCCCCC(=O)OCC(CCCCO)COC(=O)CCCCCCC/C=C\C/C=C\C/C=C\CC. The van der Waals surface area contributed by atoms with Gasteiger partial charge in [0.05, 0.1) is 13.2 Å². The van der Waals surface area contributed by atoms with E-state index in [1.54, 1.807) is 0 Å². The van der Waals surface area contributed by atoms with Gasteiger partial charge in [0, 0.05) is 25.4 Å². The normalized spacial score (nSPS) is 12.4. The van der Waals surface area contributed by atoms with Gasteiger partial charge in [0.25, 0.3) is 0 Å². The molecular weight excluding hydrogens is 596 g/mol.